The lowest BCUT2D eigenvalue weighted by Gasteiger charge is -2.37. The number of para-hydroxylation sites is 1. The molecule has 3 amide bonds. The first-order chi connectivity index (χ1) is 13.1. The maximum atomic E-state index is 12.7. The van der Waals surface area contributed by atoms with Crippen LogP contribution in [-0.2, 0) is 4.79 Å². The van der Waals surface area contributed by atoms with Gasteiger partial charge in [0.1, 0.15) is 5.75 Å². The highest BCUT2D eigenvalue weighted by Gasteiger charge is 2.43. The molecule has 3 heterocycles. The summed E-state index contributed by atoms with van der Waals surface area (Å²) in [6.45, 7) is 1.17. The van der Waals surface area contributed by atoms with Crippen LogP contribution in [0, 0.1) is 0 Å². The molecule has 3 saturated heterocycles. The fraction of sp³-hybridized carbons (Fsp3) is 0.600. The molecule has 2 N–H and O–H groups in total. The number of nitrogens with zero attached hydrogens (tertiary/aromatic N) is 2. The van der Waals surface area contributed by atoms with Crippen molar-refractivity contribution in [2.24, 2.45) is 0 Å². The van der Waals surface area contributed by atoms with Gasteiger partial charge in [-0.2, -0.15) is 0 Å². The van der Waals surface area contributed by atoms with Crippen LogP contribution in [0.4, 0.5) is 4.79 Å². The molecular weight excluding hydrogens is 346 g/mol. The first-order valence-electron chi connectivity index (χ1n) is 9.82. The number of benzene rings is 1. The van der Waals surface area contributed by atoms with Crippen LogP contribution in [0.2, 0.25) is 0 Å². The minimum atomic E-state index is -0.282. The minimum Gasteiger partial charge on any atom is -0.484 e. The highest BCUT2D eigenvalue weighted by molar-refractivity contribution is 5.79. The minimum absolute atomic E-state index is 0.0127. The van der Waals surface area contributed by atoms with E-state index in [1.54, 1.807) is 4.90 Å². The van der Waals surface area contributed by atoms with E-state index in [-0.39, 0.29) is 42.8 Å². The van der Waals surface area contributed by atoms with Crippen LogP contribution in [-0.4, -0.2) is 70.8 Å². The molecule has 2 bridgehead atoms. The molecule has 3 aliphatic heterocycles. The van der Waals surface area contributed by atoms with Crippen molar-refractivity contribution >= 4 is 11.9 Å². The van der Waals surface area contributed by atoms with Crippen molar-refractivity contribution < 1.29 is 19.4 Å². The van der Waals surface area contributed by atoms with Crippen LogP contribution in [0.5, 0.6) is 5.75 Å². The number of carbonyl (C=O) groups is 2. The van der Waals surface area contributed by atoms with Gasteiger partial charge in [0.15, 0.2) is 6.61 Å². The van der Waals surface area contributed by atoms with Gasteiger partial charge in [-0.1, -0.05) is 18.2 Å². The Hall–Kier alpha value is -2.28. The zero-order chi connectivity index (χ0) is 18.8. The van der Waals surface area contributed by atoms with Gasteiger partial charge in [0, 0.05) is 31.2 Å². The summed E-state index contributed by atoms with van der Waals surface area (Å²) in [7, 11) is 0. The van der Waals surface area contributed by atoms with Gasteiger partial charge >= 0.3 is 6.03 Å². The lowest BCUT2D eigenvalue weighted by Crippen LogP contribution is -2.54. The largest absolute Gasteiger partial charge is 0.484 e. The molecule has 7 nitrogen and oxygen atoms in total. The normalized spacial score (nSPS) is 29.7. The van der Waals surface area contributed by atoms with Crippen LogP contribution in [0.15, 0.2) is 30.3 Å². The summed E-state index contributed by atoms with van der Waals surface area (Å²) in [5, 5.41) is 13.0. The molecule has 7 heteroatoms. The van der Waals surface area contributed by atoms with E-state index in [9.17, 15) is 14.7 Å². The third-order valence-electron chi connectivity index (χ3n) is 5.92. The fourth-order valence-corrected chi connectivity index (χ4v) is 4.59. The van der Waals surface area contributed by atoms with Gasteiger partial charge in [-0.05, 0) is 44.2 Å². The summed E-state index contributed by atoms with van der Waals surface area (Å²) < 4.78 is 5.53. The Bertz CT molecular complexity index is 669. The molecule has 3 unspecified atom stereocenters. The lowest BCUT2D eigenvalue weighted by atomic mass is 10.0. The molecule has 0 aromatic heterocycles. The molecule has 3 aliphatic rings. The van der Waals surface area contributed by atoms with Gasteiger partial charge in [-0.15, -0.1) is 0 Å². The maximum absolute atomic E-state index is 12.7. The smallest absolute Gasteiger partial charge is 0.318 e. The van der Waals surface area contributed by atoms with Gasteiger partial charge in [0.25, 0.3) is 5.91 Å². The number of piperidine rings is 1. The van der Waals surface area contributed by atoms with E-state index >= 15 is 0 Å². The number of nitrogens with one attached hydrogen (secondary N) is 1. The first-order valence-corrected chi connectivity index (χ1v) is 9.82. The van der Waals surface area contributed by atoms with Crippen LogP contribution < -0.4 is 10.1 Å². The van der Waals surface area contributed by atoms with Crippen molar-refractivity contribution in [1.29, 1.82) is 0 Å². The second kappa shape index (κ2) is 7.76. The molecule has 3 atom stereocenters. The zero-order valence-electron chi connectivity index (χ0n) is 15.4. The summed E-state index contributed by atoms with van der Waals surface area (Å²) in [6.07, 6.45) is 3.78. The number of amides is 3. The van der Waals surface area contributed by atoms with Crippen molar-refractivity contribution in [2.75, 3.05) is 19.7 Å². The number of urea groups is 1. The van der Waals surface area contributed by atoms with E-state index in [2.05, 4.69) is 5.32 Å². The van der Waals surface area contributed by atoms with Crippen molar-refractivity contribution in [3.63, 3.8) is 0 Å². The molecule has 0 aliphatic carbocycles. The molecule has 0 saturated carbocycles. The van der Waals surface area contributed by atoms with Gasteiger partial charge in [-0.3, -0.25) is 4.79 Å². The van der Waals surface area contributed by atoms with Crippen molar-refractivity contribution in [1.82, 2.24) is 15.1 Å². The number of aliphatic hydroxyl groups is 1. The molecular formula is C20H27N3O4. The predicted molar refractivity (Wildman–Crippen MR) is 99.3 cm³/mol. The molecule has 1 aromatic carbocycles. The summed E-state index contributed by atoms with van der Waals surface area (Å²) in [5.41, 5.74) is 0. The fourth-order valence-electron chi connectivity index (χ4n) is 4.59. The monoisotopic (exact) mass is 373 g/mol. The summed E-state index contributed by atoms with van der Waals surface area (Å²) in [4.78, 5) is 28.7. The topological polar surface area (TPSA) is 82.1 Å². The van der Waals surface area contributed by atoms with Crippen molar-refractivity contribution in [3.05, 3.63) is 30.3 Å². The molecule has 146 valence electrons. The molecule has 1 aromatic rings. The summed E-state index contributed by atoms with van der Waals surface area (Å²) in [5.74, 6) is 0.620. The average Bonchev–Trinajstić information content (AvgIpc) is 3.23. The number of carbonyl (C=O) groups excluding carboxylic acids is 2. The average molecular weight is 373 g/mol. The Morgan fingerprint density at radius 2 is 1.81 bits per heavy atom. The highest BCUT2D eigenvalue weighted by Crippen LogP contribution is 2.35. The van der Waals surface area contributed by atoms with Crippen molar-refractivity contribution in [3.8, 4) is 5.75 Å². The zero-order valence-corrected chi connectivity index (χ0v) is 15.4. The third kappa shape index (κ3) is 4.03. The van der Waals surface area contributed by atoms with E-state index in [0.29, 0.717) is 31.7 Å². The molecule has 4 rings (SSSR count). The Morgan fingerprint density at radius 1 is 1.11 bits per heavy atom. The number of aliphatic hydroxyl groups excluding tert-OH is 1. The van der Waals surface area contributed by atoms with Gasteiger partial charge in [0.2, 0.25) is 0 Å². The Kier molecular flexibility index (Phi) is 5.20. The van der Waals surface area contributed by atoms with E-state index in [1.807, 2.05) is 35.2 Å². The second-order valence-electron chi connectivity index (χ2n) is 7.79. The van der Waals surface area contributed by atoms with Crippen LogP contribution in [0.25, 0.3) is 0 Å². The van der Waals surface area contributed by atoms with E-state index in [1.165, 1.54) is 0 Å². The van der Waals surface area contributed by atoms with Gasteiger partial charge in [-0.25, -0.2) is 4.79 Å². The van der Waals surface area contributed by atoms with E-state index in [0.717, 1.165) is 19.3 Å². The quantitative estimate of drug-likeness (QED) is 0.835. The number of rotatable bonds is 4. The van der Waals surface area contributed by atoms with Crippen LogP contribution in [0.1, 0.15) is 32.1 Å². The van der Waals surface area contributed by atoms with Crippen LogP contribution in [0.3, 0.4) is 0 Å². The Morgan fingerprint density at radius 3 is 2.52 bits per heavy atom. The number of ether oxygens (including phenoxy) is 1. The number of hydrogen-bond acceptors (Lipinski definition) is 4. The Balaban J connectivity index is 1.25. The first kappa shape index (κ1) is 18.1. The SMILES string of the molecule is O=C(COc1ccccc1)N1CCC(NC(=O)N2C3CCC2CC(O)C3)C1. The van der Waals surface area contributed by atoms with E-state index < -0.39 is 0 Å². The summed E-state index contributed by atoms with van der Waals surface area (Å²) in [6, 6.07) is 9.52. The highest BCUT2D eigenvalue weighted by atomic mass is 16.5. The lowest BCUT2D eigenvalue weighted by molar-refractivity contribution is -0.132. The summed E-state index contributed by atoms with van der Waals surface area (Å²) >= 11 is 0. The van der Waals surface area contributed by atoms with Crippen molar-refractivity contribution in [2.45, 2.75) is 56.3 Å². The third-order valence-corrected chi connectivity index (χ3v) is 5.92. The molecule has 0 radical (unpaired) electrons. The predicted octanol–water partition coefficient (Wildman–Crippen LogP) is 1.36. The number of likely N-dealkylation sites (tertiary alicyclic amines) is 1. The number of hydrogen-bond donors (Lipinski definition) is 2. The Labute approximate surface area is 159 Å². The maximum Gasteiger partial charge on any atom is 0.318 e. The van der Waals surface area contributed by atoms with Gasteiger partial charge < -0.3 is 25.0 Å². The van der Waals surface area contributed by atoms with Crippen LogP contribution >= 0.6 is 0 Å². The van der Waals surface area contributed by atoms with E-state index in [4.69, 9.17) is 4.74 Å². The standard InChI is InChI=1S/C20H27N3O4/c24-17-10-15-6-7-16(11-17)23(15)20(26)21-14-8-9-22(12-14)19(25)13-27-18-4-2-1-3-5-18/h1-5,14-17,24H,6-13H2,(H,21,26). The molecule has 3 fully saturated rings. The molecule has 0 spiro atoms. The second-order valence-corrected chi connectivity index (χ2v) is 7.79. The molecule has 27 heavy (non-hydrogen) atoms. The van der Waals surface area contributed by atoms with Gasteiger partial charge in [0.05, 0.1) is 6.10 Å². The number of fused-ring (bicyclic) bond motifs is 2.